The first-order valence-corrected chi connectivity index (χ1v) is 6.54. The van der Waals surface area contributed by atoms with Crippen molar-refractivity contribution in [1.82, 2.24) is 0 Å². The number of rotatable bonds is 2. The molecule has 0 radical (unpaired) electrons. The molecule has 2 nitrogen and oxygen atoms in total. The summed E-state index contributed by atoms with van der Waals surface area (Å²) in [4.78, 5) is 11.5. The maximum atomic E-state index is 11.5. The van der Waals surface area contributed by atoms with Gasteiger partial charge in [0, 0.05) is 12.3 Å². The van der Waals surface area contributed by atoms with Crippen LogP contribution in [0.15, 0.2) is 48.5 Å². The van der Waals surface area contributed by atoms with E-state index in [1.54, 1.807) is 6.92 Å². The van der Waals surface area contributed by atoms with Gasteiger partial charge in [0.25, 0.3) is 0 Å². The molecular weight excluding hydrogens is 236 g/mol. The zero-order valence-electron chi connectivity index (χ0n) is 10.8. The Morgan fingerprint density at radius 1 is 1.00 bits per heavy atom. The Hall–Kier alpha value is -1.93. The maximum Gasteiger partial charge on any atom is 0.130 e. The molecule has 0 saturated heterocycles. The van der Waals surface area contributed by atoms with Gasteiger partial charge >= 0.3 is 0 Å². The molecule has 96 valence electrons. The largest absolute Gasteiger partial charge is 0.388 e. The Bertz CT molecular complexity index is 631. The van der Waals surface area contributed by atoms with Gasteiger partial charge in [0.05, 0.1) is 6.10 Å². The van der Waals surface area contributed by atoms with E-state index in [9.17, 15) is 9.90 Å². The second kappa shape index (κ2) is 4.63. The average Bonchev–Trinajstić information content (AvgIpc) is 2.43. The molecule has 2 aromatic rings. The standard InChI is InChI=1S/C17H16O2/c1-11(18)10-16-14-8-3-2-6-12(14)13-7-4-5-9-15(13)17(16)19/h2-9,16-17,19H,10H2,1H3/t16-,17-/m0/s1. The number of carbonyl (C=O) groups excluding carboxylic acids is 1. The first-order chi connectivity index (χ1) is 9.18. The third-order valence-corrected chi connectivity index (χ3v) is 3.82. The van der Waals surface area contributed by atoms with Crippen molar-refractivity contribution >= 4 is 5.78 Å². The first-order valence-electron chi connectivity index (χ1n) is 6.54. The second-order valence-electron chi connectivity index (χ2n) is 5.13. The van der Waals surface area contributed by atoms with E-state index in [1.165, 1.54) is 0 Å². The maximum absolute atomic E-state index is 11.5. The minimum Gasteiger partial charge on any atom is -0.388 e. The monoisotopic (exact) mass is 252 g/mol. The highest BCUT2D eigenvalue weighted by Gasteiger charge is 2.32. The van der Waals surface area contributed by atoms with Gasteiger partial charge in [0.1, 0.15) is 5.78 Å². The van der Waals surface area contributed by atoms with Gasteiger partial charge in [0.2, 0.25) is 0 Å². The van der Waals surface area contributed by atoms with Crippen LogP contribution in [-0.4, -0.2) is 10.9 Å². The summed E-state index contributed by atoms with van der Waals surface area (Å²) in [7, 11) is 0. The quantitative estimate of drug-likeness (QED) is 0.888. The lowest BCUT2D eigenvalue weighted by molar-refractivity contribution is -0.118. The van der Waals surface area contributed by atoms with Gasteiger partial charge in [-0.15, -0.1) is 0 Å². The molecule has 0 fully saturated rings. The van der Waals surface area contributed by atoms with E-state index in [4.69, 9.17) is 0 Å². The molecule has 3 rings (SSSR count). The highest BCUT2D eigenvalue weighted by molar-refractivity contribution is 5.80. The van der Waals surface area contributed by atoms with E-state index in [0.29, 0.717) is 6.42 Å². The van der Waals surface area contributed by atoms with E-state index >= 15 is 0 Å². The zero-order chi connectivity index (χ0) is 13.4. The molecule has 0 unspecified atom stereocenters. The number of aliphatic hydroxyl groups is 1. The van der Waals surface area contributed by atoms with E-state index in [1.807, 2.05) is 42.5 Å². The van der Waals surface area contributed by atoms with Crippen LogP contribution in [-0.2, 0) is 4.79 Å². The van der Waals surface area contributed by atoms with Crippen LogP contribution >= 0.6 is 0 Å². The lowest BCUT2D eigenvalue weighted by Crippen LogP contribution is -2.19. The molecule has 2 atom stereocenters. The van der Waals surface area contributed by atoms with Crippen molar-refractivity contribution in [3.63, 3.8) is 0 Å². The fourth-order valence-electron chi connectivity index (χ4n) is 2.98. The highest BCUT2D eigenvalue weighted by atomic mass is 16.3. The molecule has 0 saturated carbocycles. The van der Waals surface area contributed by atoms with Crippen molar-refractivity contribution in [3.8, 4) is 11.1 Å². The van der Waals surface area contributed by atoms with Crippen LogP contribution in [0.3, 0.4) is 0 Å². The topological polar surface area (TPSA) is 37.3 Å². The van der Waals surface area contributed by atoms with Gasteiger partial charge in [-0.2, -0.15) is 0 Å². The predicted octanol–water partition coefficient (Wildman–Crippen LogP) is 3.46. The Kier molecular flexibility index (Phi) is 2.96. The van der Waals surface area contributed by atoms with Crippen LogP contribution in [0.5, 0.6) is 0 Å². The van der Waals surface area contributed by atoms with Crippen molar-refractivity contribution in [3.05, 3.63) is 59.7 Å². The summed E-state index contributed by atoms with van der Waals surface area (Å²) in [5.74, 6) is -0.0261. The van der Waals surface area contributed by atoms with Crippen molar-refractivity contribution in [2.24, 2.45) is 0 Å². The number of benzene rings is 2. The number of aliphatic hydroxyl groups excluding tert-OH is 1. The summed E-state index contributed by atoms with van der Waals surface area (Å²) in [5, 5.41) is 10.6. The zero-order valence-corrected chi connectivity index (χ0v) is 10.8. The van der Waals surface area contributed by atoms with Crippen LogP contribution in [0.2, 0.25) is 0 Å². The highest BCUT2D eigenvalue weighted by Crippen LogP contribution is 2.46. The molecule has 1 N–H and O–H groups in total. The fraction of sp³-hybridized carbons (Fsp3) is 0.235. The molecule has 0 aromatic heterocycles. The van der Waals surface area contributed by atoms with Crippen LogP contribution < -0.4 is 0 Å². The third kappa shape index (κ3) is 1.98. The molecule has 0 spiro atoms. The second-order valence-corrected chi connectivity index (χ2v) is 5.13. The molecule has 19 heavy (non-hydrogen) atoms. The van der Waals surface area contributed by atoms with E-state index in [-0.39, 0.29) is 11.7 Å². The predicted molar refractivity (Wildman–Crippen MR) is 74.9 cm³/mol. The van der Waals surface area contributed by atoms with Gasteiger partial charge in [-0.3, -0.25) is 0 Å². The number of ketones is 1. The minimum atomic E-state index is -0.602. The van der Waals surface area contributed by atoms with E-state index in [2.05, 4.69) is 6.07 Å². The Labute approximate surface area is 112 Å². The SMILES string of the molecule is CC(=O)C[C@H]1c2ccccc2-c2ccccc2[C@@H]1O. The molecule has 1 aliphatic rings. The molecule has 0 amide bonds. The molecule has 0 aliphatic heterocycles. The first kappa shape index (κ1) is 12.1. The average molecular weight is 252 g/mol. The third-order valence-electron chi connectivity index (χ3n) is 3.82. The molecular formula is C17H16O2. The fourth-order valence-corrected chi connectivity index (χ4v) is 2.98. The van der Waals surface area contributed by atoms with E-state index < -0.39 is 6.10 Å². The minimum absolute atomic E-state index is 0.109. The van der Waals surface area contributed by atoms with Crippen LogP contribution in [0.4, 0.5) is 0 Å². The molecule has 0 heterocycles. The normalized spacial score (nSPS) is 20.5. The van der Waals surface area contributed by atoms with Crippen LogP contribution in [0, 0.1) is 0 Å². The molecule has 1 aliphatic carbocycles. The van der Waals surface area contributed by atoms with Crippen molar-refractivity contribution in [1.29, 1.82) is 0 Å². The Balaban J connectivity index is 2.20. The molecule has 2 heteroatoms. The summed E-state index contributed by atoms with van der Waals surface area (Å²) in [5.41, 5.74) is 4.21. The number of hydrogen-bond acceptors (Lipinski definition) is 2. The summed E-state index contributed by atoms with van der Waals surface area (Å²) in [6.07, 6.45) is -0.220. The summed E-state index contributed by atoms with van der Waals surface area (Å²) >= 11 is 0. The number of hydrogen-bond donors (Lipinski definition) is 1. The number of carbonyl (C=O) groups is 1. The summed E-state index contributed by atoms with van der Waals surface area (Å²) in [6.45, 7) is 1.58. The number of Topliss-reactive ketones (excluding diaryl/α,β-unsaturated/α-hetero) is 1. The lowest BCUT2D eigenvalue weighted by Gasteiger charge is -2.32. The van der Waals surface area contributed by atoms with Crippen molar-refractivity contribution < 1.29 is 9.90 Å². The summed E-state index contributed by atoms with van der Waals surface area (Å²) < 4.78 is 0. The Morgan fingerprint density at radius 2 is 1.53 bits per heavy atom. The van der Waals surface area contributed by atoms with Crippen LogP contribution in [0.25, 0.3) is 11.1 Å². The van der Waals surface area contributed by atoms with Gasteiger partial charge in [-0.05, 0) is 29.2 Å². The molecule has 2 aromatic carbocycles. The van der Waals surface area contributed by atoms with Crippen molar-refractivity contribution in [2.75, 3.05) is 0 Å². The lowest BCUT2D eigenvalue weighted by atomic mass is 9.75. The number of fused-ring (bicyclic) bond motifs is 3. The molecule has 0 bridgehead atoms. The van der Waals surface area contributed by atoms with Crippen LogP contribution in [0.1, 0.15) is 36.5 Å². The Morgan fingerprint density at radius 3 is 2.16 bits per heavy atom. The van der Waals surface area contributed by atoms with E-state index in [0.717, 1.165) is 22.3 Å². The summed E-state index contributed by atoms with van der Waals surface area (Å²) in [6, 6.07) is 15.9. The van der Waals surface area contributed by atoms with Crippen molar-refractivity contribution in [2.45, 2.75) is 25.4 Å². The smallest absolute Gasteiger partial charge is 0.130 e. The van der Waals surface area contributed by atoms with Gasteiger partial charge in [0.15, 0.2) is 0 Å². The van der Waals surface area contributed by atoms with Gasteiger partial charge in [-0.25, -0.2) is 0 Å². The van der Waals surface area contributed by atoms with Gasteiger partial charge in [-0.1, -0.05) is 48.5 Å². The van der Waals surface area contributed by atoms with Gasteiger partial charge < -0.3 is 9.90 Å².